The molecular formula is C13H15NO6P+. The molecule has 112 valence electrons. The molecule has 8 heteroatoms. The van der Waals surface area contributed by atoms with E-state index < -0.39 is 31.9 Å². The molecule has 0 saturated carbocycles. The molecule has 1 rings (SSSR count). The van der Waals surface area contributed by atoms with Gasteiger partial charge < -0.3 is 14.9 Å². The fourth-order valence-corrected chi connectivity index (χ4v) is 1.81. The Bertz CT molecular complexity index is 543. The number of carbonyl (C=O) groups excluding carboxylic acids is 1. The summed E-state index contributed by atoms with van der Waals surface area (Å²) in [6, 6.07) is 8.90. The number of rotatable bonds is 7. The van der Waals surface area contributed by atoms with Gasteiger partial charge >= 0.3 is 19.9 Å². The number of hydrogen-bond acceptors (Lipinski definition) is 5. The zero-order chi connectivity index (χ0) is 15.7. The molecule has 1 aromatic rings. The van der Waals surface area contributed by atoms with Gasteiger partial charge in [0.15, 0.2) is 6.16 Å². The average Bonchev–Trinajstić information content (AvgIpc) is 2.49. The molecule has 0 aliphatic heterocycles. The van der Waals surface area contributed by atoms with Crippen LogP contribution in [-0.4, -0.2) is 34.8 Å². The van der Waals surface area contributed by atoms with Crippen LogP contribution >= 0.6 is 7.80 Å². The third-order valence-corrected chi connectivity index (χ3v) is 3.24. The number of carboxylic acid groups (broad SMARTS) is 1. The van der Waals surface area contributed by atoms with Crippen LogP contribution in [0.5, 0.6) is 0 Å². The van der Waals surface area contributed by atoms with Gasteiger partial charge in [-0.05, 0) is 11.6 Å². The van der Waals surface area contributed by atoms with Crippen molar-refractivity contribution in [2.45, 2.75) is 6.61 Å². The molecular weight excluding hydrogens is 297 g/mol. The molecule has 0 aliphatic carbocycles. The van der Waals surface area contributed by atoms with E-state index in [0.29, 0.717) is 0 Å². The van der Waals surface area contributed by atoms with Crippen molar-refractivity contribution in [2.24, 2.45) is 0 Å². The summed E-state index contributed by atoms with van der Waals surface area (Å²) in [4.78, 5) is 22.4. The second-order valence-corrected chi connectivity index (χ2v) is 5.53. The Balaban J connectivity index is 2.53. The molecule has 0 radical (unpaired) electrons. The monoisotopic (exact) mass is 312 g/mol. The molecule has 1 aromatic carbocycles. The van der Waals surface area contributed by atoms with Gasteiger partial charge in [0.2, 0.25) is 6.35 Å². The van der Waals surface area contributed by atoms with Crippen molar-refractivity contribution in [3.05, 3.63) is 47.7 Å². The molecule has 21 heavy (non-hydrogen) atoms. The number of hydrogen-bond donors (Lipinski definition) is 3. The van der Waals surface area contributed by atoms with E-state index in [0.717, 1.165) is 11.6 Å². The number of benzene rings is 1. The van der Waals surface area contributed by atoms with Crippen LogP contribution in [0, 0.1) is 0 Å². The van der Waals surface area contributed by atoms with E-state index in [1.807, 2.05) is 6.07 Å². The molecule has 0 heterocycles. The maximum absolute atomic E-state index is 11.5. The van der Waals surface area contributed by atoms with Crippen LogP contribution in [0.15, 0.2) is 42.1 Å². The lowest BCUT2D eigenvalue weighted by atomic mass is 10.2. The lowest BCUT2D eigenvalue weighted by Gasteiger charge is -2.07. The standard InChI is InChI=1S/C13H14NO6P/c15-9-21(19)7-6-11(12(16)17)14-13(18)20-8-10-4-2-1-3-5-10/h1-6,15H,7-9H2,(H-,14,16,17,18)/p+1/b11-6+. The van der Waals surface area contributed by atoms with E-state index in [-0.39, 0.29) is 12.8 Å². The summed E-state index contributed by atoms with van der Waals surface area (Å²) in [6.45, 7) is 0.00444. The first kappa shape index (κ1) is 16.8. The van der Waals surface area contributed by atoms with Crippen molar-refractivity contribution in [1.29, 1.82) is 0 Å². The summed E-state index contributed by atoms with van der Waals surface area (Å²) in [5.41, 5.74) is 0.321. The van der Waals surface area contributed by atoms with Crippen molar-refractivity contribution in [1.82, 2.24) is 5.32 Å². The molecule has 0 aliphatic rings. The highest BCUT2D eigenvalue weighted by Gasteiger charge is 2.16. The molecule has 0 fully saturated rings. The van der Waals surface area contributed by atoms with Crippen molar-refractivity contribution in [2.75, 3.05) is 12.5 Å². The topological polar surface area (TPSA) is 113 Å². The highest BCUT2D eigenvalue weighted by Crippen LogP contribution is 2.18. The van der Waals surface area contributed by atoms with Crippen LogP contribution in [0.3, 0.4) is 0 Å². The van der Waals surface area contributed by atoms with Gasteiger partial charge in [0.25, 0.3) is 0 Å². The van der Waals surface area contributed by atoms with Gasteiger partial charge in [-0.1, -0.05) is 34.9 Å². The van der Waals surface area contributed by atoms with Crippen molar-refractivity contribution in [3.8, 4) is 0 Å². The minimum absolute atomic E-state index is 0.00444. The lowest BCUT2D eigenvalue weighted by molar-refractivity contribution is -0.133. The average molecular weight is 312 g/mol. The zero-order valence-electron chi connectivity index (χ0n) is 11.1. The Morgan fingerprint density at radius 1 is 1.29 bits per heavy atom. The van der Waals surface area contributed by atoms with Crippen LogP contribution in [0.4, 0.5) is 4.79 Å². The van der Waals surface area contributed by atoms with Gasteiger partial charge in [-0.2, -0.15) is 0 Å². The normalized spacial score (nSPS) is 11.7. The van der Waals surface area contributed by atoms with Gasteiger partial charge in [0, 0.05) is 0 Å². The largest absolute Gasteiger partial charge is 0.477 e. The SMILES string of the molecule is O=C(N/C(=C/C[P+](=O)CO)C(=O)O)OCc1ccccc1. The van der Waals surface area contributed by atoms with Crippen molar-refractivity contribution in [3.63, 3.8) is 0 Å². The summed E-state index contributed by atoms with van der Waals surface area (Å²) in [7, 11) is -1.93. The summed E-state index contributed by atoms with van der Waals surface area (Å²) >= 11 is 0. The Hall–Kier alpha value is -2.24. The number of aliphatic carboxylic acids is 1. The van der Waals surface area contributed by atoms with Gasteiger partial charge in [0.1, 0.15) is 12.3 Å². The van der Waals surface area contributed by atoms with Crippen molar-refractivity contribution >= 4 is 19.9 Å². The zero-order valence-corrected chi connectivity index (χ0v) is 12.0. The number of carbonyl (C=O) groups is 2. The highest BCUT2D eigenvalue weighted by molar-refractivity contribution is 7.44. The van der Waals surface area contributed by atoms with Gasteiger partial charge in [0.05, 0.1) is 0 Å². The number of nitrogens with one attached hydrogen (secondary N) is 1. The Labute approximate surface area is 122 Å². The maximum Gasteiger partial charge on any atom is 0.412 e. The van der Waals surface area contributed by atoms with Gasteiger partial charge in [-0.3, -0.25) is 5.32 Å². The number of carboxylic acids is 1. The van der Waals surface area contributed by atoms with Crippen LogP contribution in [0.2, 0.25) is 0 Å². The lowest BCUT2D eigenvalue weighted by Crippen LogP contribution is -2.28. The fraction of sp³-hybridized carbons (Fsp3) is 0.231. The third-order valence-electron chi connectivity index (χ3n) is 2.34. The van der Waals surface area contributed by atoms with E-state index >= 15 is 0 Å². The van der Waals surface area contributed by atoms with E-state index in [2.05, 4.69) is 5.32 Å². The minimum atomic E-state index is -1.93. The van der Waals surface area contributed by atoms with E-state index in [1.54, 1.807) is 24.3 Å². The number of ether oxygens (including phenoxy) is 1. The molecule has 1 atom stereocenters. The molecule has 1 amide bonds. The van der Waals surface area contributed by atoms with E-state index in [1.165, 1.54) is 0 Å². The number of aliphatic hydroxyl groups is 1. The van der Waals surface area contributed by atoms with Gasteiger partial charge in [-0.25, -0.2) is 9.59 Å². The third kappa shape index (κ3) is 6.65. The molecule has 0 spiro atoms. The first-order chi connectivity index (χ1) is 10.0. The van der Waals surface area contributed by atoms with E-state index in [4.69, 9.17) is 14.9 Å². The van der Waals surface area contributed by atoms with Crippen LogP contribution < -0.4 is 5.32 Å². The van der Waals surface area contributed by atoms with Crippen LogP contribution in [0.1, 0.15) is 5.56 Å². The Morgan fingerprint density at radius 3 is 2.52 bits per heavy atom. The fourth-order valence-electron chi connectivity index (χ4n) is 1.31. The highest BCUT2D eigenvalue weighted by atomic mass is 31.1. The molecule has 7 nitrogen and oxygen atoms in total. The smallest absolute Gasteiger partial charge is 0.412 e. The first-order valence-electron chi connectivity index (χ1n) is 5.97. The number of allylic oxidation sites excluding steroid dienone is 1. The quantitative estimate of drug-likeness (QED) is 0.521. The predicted octanol–water partition coefficient (Wildman–Crippen LogP) is 1.66. The Kier molecular flexibility index (Phi) is 7.08. The number of aliphatic hydroxyl groups excluding tert-OH is 1. The Morgan fingerprint density at radius 2 is 1.95 bits per heavy atom. The summed E-state index contributed by atoms with van der Waals surface area (Å²) < 4.78 is 15.9. The van der Waals surface area contributed by atoms with Gasteiger partial charge in [-0.15, -0.1) is 0 Å². The number of amides is 1. The van der Waals surface area contributed by atoms with Crippen LogP contribution in [-0.2, 0) is 20.7 Å². The maximum atomic E-state index is 11.5. The summed E-state index contributed by atoms with van der Waals surface area (Å²) in [6.07, 6.45) is -0.545. The van der Waals surface area contributed by atoms with Crippen LogP contribution in [0.25, 0.3) is 0 Å². The van der Waals surface area contributed by atoms with E-state index in [9.17, 15) is 14.2 Å². The second-order valence-electron chi connectivity index (χ2n) is 3.92. The molecule has 0 saturated heterocycles. The molecule has 0 aromatic heterocycles. The minimum Gasteiger partial charge on any atom is -0.477 e. The molecule has 0 bridgehead atoms. The second kappa shape index (κ2) is 8.84. The molecule has 1 unspecified atom stereocenters. The predicted molar refractivity (Wildman–Crippen MR) is 75.0 cm³/mol. The number of alkyl carbamates (subject to hydrolysis) is 1. The summed E-state index contributed by atoms with van der Waals surface area (Å²) in [5.74, 6) is -1.38. The molecule has 3 N–H and O–H groups in total. The summed E-state index contributed by atoms with van der Waals surface area (Å²) in [5, 5.41) is 19.6. The van der Waals surface area contributed by atoms with Crippen molar-refractivity contribution < 1.29 is 29.1 Å². The first-order valence-corrected chi connectivity index (χ1v) is 7.60.